The summed E-state index contributed by atoms with van der Waals surface area (Å²) in [6, 6.07) is 10.4. The zero-order valence-electron chi connectivity index (χ0n) is 15.9. The zero-order chi connectivity index (χ0) is 21.3. The number of carbonyl (C=O) groups excluding carboxylic acids is 1. The molecule has 1 fully saturated rings. The topological polar surface area (TPSA) is 58.4 Å². The van der Waals surface area contributed by atoms with Crippen molar-refractivity contribution in [3.05, 3.63) is 63.9 Å². The average Bonchev–Trinajstić information content (AvgIpc) is 3.15. The summed E-state index contributed by atoms with van der Waals surface area (Å²) in [4.78, 5) is 16.5. The third-order valence-electron chi connectivity index (χ3n) is 5.32. The van der Waals surface area contributed by atoms with Crippen molar-refractivity contribution in [1.29, 1.82) is 0 Å². The molecule has 1 amide bonds. The van der Waals surface area contributed by atoms with E-state index in [0.717, 1.165) is 31.5 Å². The molecule has 0 aliphatic heterocycles. The number of imidazole rings is 1. The number of rotatable bonds is 5. The number of anilines is 1. The first-order valence-corrected chi connectivity index (χ1v) is 10.4. The highest BCUT2D eigenvalue weighted by Crippen LogP contribution is 2.26. The number of hydrogen-bond donors (Lipinski definition) is 2. The molecule has 0 spiro atoms. The van der Waals surface area contributed by atoms with E-state index in [2.05, 4.69) is 15.6 Å². The molecule has 158 valence electrons. The first-order chi connectivity index (χ1) is 14.4. The van der Waals surface area contributed by atoms with E-state index in [0.29, 0.717) is 21.3 Å². The molecule has 1 saturated carbocycles. The van der Waals surface area contributed by atoms with Gasteiger partial charge in [-0.3, -0.25) is 9.20 Å². The van der Waals surface area contributed by atoms with E-state index in [4.69, 9.17) is 23.2 Å². The lowest BCUT2D eigenvalue weighted by molar-refractivity contribution is 0.0926. The lowest BCUT2D eigenvalue weighted by Gasteiger charge is -2.30. The van der Waals surface area contributed by atoms with Crippen molar-refractivity contribution < 1.29 is 13.6 Å². The van der Waals surface area contributed by atoms with Crippen LogP contribution in [-0.4, -0.2) is 27.4 Å². The minimum atomic E-state index is -2.61. The Morgan fingerprint density at radius 1 is 1.10 bits per heavy atom. The predicted molar refractivity (Wildman–Crippen MR) is 114 cm³/mol. The highest BCUT2D eigenvalue weighted by Gasteiger charge is 2.24. The second-order valence-electron chi connectivity index (χ2n) is 7.40. The van der Waals surface area contributed by atoms with Crippen LogP contribution in [0.4, 0.5) is 14.6 Å². The Morgan fingerprint density at radius 3 is 2.53 bits per heavy atom. The van der Waals surface area contributed by atoms with Crippen molar-refractivity contribution in [3.8, 4) is 0 Å². The van der Waals surface area contributed by atoms with E-state index in [1.54, 1.807) is 34.7 Å². The fraction of sp³-hybridized carbons (Fsp3) is 0.333. The Morgan fingerprint density at radius 2 is 1.83 bits per heavy atom. The summed E-state index contributed by atoms with van der Waals surface area (Å²) >= 11 is 12.0. The summed E-state index contributed by atoms with van der Waals surface area (Å²) in [5.74, 6) is 0.517. The number of pyridine rings is 1. The summed E-state index contributed by atoms with van der Waals surface area (Å²) < 4.78 is 27.6. The van der Waals surface area contributed by atoms with E-state index in [1.165, 1.54) is 6.20 Å². The Kier molecular flexibility index (Phi) is 6.11. The monoisotopic (exact) mass is 452 g/mol. The maximum absolute atomic E-state index is 13.0. The number of nitrogens with zero attached hydrogens (tertiary/aromatic N) is 2. The van der Waals surface area contributed by atoms with Crippen LogP contribution in [0.3, 0.4) is 0 Å². The van der Waals surface area contributed by atoms with Gasteiger partial charge < -0.3 is 10.6 Å². The van der Waals surface area contributed by atoms with Gasteiger partial charge in [-0.05, 0) is 56.0 Å². The SMILES string of the molecule is O=C(NC1CCC(Nc2cccc3nc(C(F)F)cn23)CC1)c1ccc(Cl)cc1Cl. The van der Waals surface area contributed by atoms with Crippen LogP contribution < -0.4 is 10.6 Å². The van der Waals surface area contributed by atoms with Crippen LogP contribution in [0.15, 0.2) is 42.6 Å². The normalized spacial score (nSPS) is 19.2. The molecule has 2 heterocycles. The minimum absolute atomic E-state index is 0.0526. The number of hydrogen-bond acceptors (Lipinski definition) is 3. The highest BCUT2D eigenvalue weighted by molar-refractivity contribution is 6.36. The number of amides is 1. The Hall–Kier alpha value is -2.38. The fourth-order valence-electron chi connectivity index (χ4n) is 3.78. The number of carbonyl (C=O) groups is 1. The molecule has 4 rings (SSSR count). The Bertz CT molecular complexity index is 1060. The van der Waals surface area contributed by atoms with Crippen LogP contribution in [0.2, 0.25) is 10.0 Å². The summed E-state index contributed by atoms with van der Waals surface area (Å²) in [7, 11) is 0. The molecular formula is C21H20Cl2F2N4O. The van der Waals surface area contributed by atoms with Gasteiger partial charge in [0, 0.05) is 23.3 Å². The smallest absolute Gasteiger partial charge is 0.281 e. The second kappa shape index (κ2) is 8.78. The van der Waals surface area contributed by atoms with Crippen molar-refractivity contribution in [1.82, 2.24) is 14.7 Å². The summed E-state index contributed by atoms with van der Waals surface area (Å²) in [5, 5.41) is 7.27. The van der Waals surface area contributed by atoms with Gasteiger partial charge in [0.1, 0.15) is 17.2 Å². The molecule has 30 heavy (non-hydrogen) atoms. The standard InChI is InChI=1S/C21H20Cl2F2N4O/c22-12-4-9-15(16(23)10-12)21(30)27-14-7-5-13(6-8-14)26-18-2-1-3-19-28-17(20(24)25)11-29(18)19/h1-4,9-11,13-14,20,26H,5-8H2,(H,27,30). The van der Waals surface area contributed by atoms with Gasteiger partial charge in [-0.25, -0.2) is 13.8 Å². The van der Waals surface area contributed by atoms with Crippen LogP contribution >= 0.6 is 23.2 Å². The van der Waals surface area contributed by atoms with Crippen LogP contribution in [0.1, 0.15) is 48.2 Å². The molecule has 3 aromatic rings. The van der Waals surface area contributed by atoms with E-state index < -0.39 is 6.43 Å². The van der Waals surface area contributed by atoms with Crippen molar-refractivity contribution >= 4 is 40.6 Å². The predicted octanol–water partition coefficient (Wildman–Crippen LogP) is 5.73. The largest absolute Gasteiger partial charge is 0.368 e. The van der Waals surface area contributed by atoms with Gasteiger partial charge in [0.05, 0.1) is 10.6 Å². The van der Waals surface area contributed by atoms with Gasteiger partial charge in [0.15, 0.2) is 0 Å². The van der Waals surface area contributed by atoms with Gasteiger partial charge in [-0.2, -0.15) is 0 Å². The fourth-order valence-corrected chi connectivity index (χ4v) is 4.27. The molecule has 1 aliphatic carbocycles. The molecule has 0 atom stereocenters. The third-order valence-corrected chi connectivity index (χ3v) is 5.87. The van der Waals surface area contributed by atoms with E-state index >= 15 is 0 Å². The molecule has 0 bridgehead atoms. The van der Waals surface area contributed by atoms with Gasteiger partial charge in [-0.1, -0.05) is 29.3 Å². The number of fused-ring (bicyclic) bond motifs is 1. The molecule has 0 unspecified atom stereocenters. The number of benzene rings is 1. The molecule has 9 heteroatoms. The molecule has 2 N–H and O–H groups in total. The molecule has 1 aromatic carbocycles. The number of nitrogens with one attached hydrogen (secondary N) is 2. The van der Waals surface area contributed by atoms with Gasteiger partial charge in [-0.15, -0.1) is 0 Å². The quantitative estimate of drug-likeness (QED) is 0.519. The lowest BCUT2D eigenvalue weighted by Crippen LogP contribution is -2.40. The summed E-state index contributed by atoms with van der Waals surface area (Å²) in [6.45, 7) is 0. The first kappa shape index (κ1) is 20.9. The number of aromatic nitrogens is 2. The van der Waals surface area contributed by atoms with Gasteiger partial charge in [0.25, 0.3) is 12.3 Å². The van der Waals surface area contributed by atoms with E-state index in [1.807, 2.05) is 6.07 Å². The van der Waals surface area contributed by atoms with Crippen LogP contribution in [0.25, 0.3) is 5.65 Å². The molecule has 0 radical (unpaired) electrons. The van der Waals surface area contributed by atoms with Crippen molar-refractivity contribution in [2.75, 3.05) is 5.32 Å². The average molecular weight is 453 g/mol. The van der Waals surface area contributed by atoms with Crippen LogP contribution in [0, 0.1) is 0 Å². The molecule has 0 saturated heterocycles. The van der Waals surface area contributed by atoms with E-state index in [-0.39, 0.29) is 23.7 Å². The molecule has 5 nitrogen and oxygen atoms in total. The van der Waals surface area contributed by atoms with Crippen molar-refractivity contribution in [2.45, 2.75) is 44.2 Å². The minimum Gasteiger partial charge on any atom is -0.368 e. The summed E-state index contributed by atoms with van der Waals surface area (Å²) in [6.07, 6.45) is 2.04. The Balaban J connectivity index is 1.36. The lowest BCUT2D eigenvalue weighted by atomic mass is 9.91. The third kappa shape index (κ3) is 4.52. The second-order valence-corrected chi connectivity index (χ2v) is 8.24. The van der Waals surface area contributed by atoms with Crippen LogP contribution in [-0.2, 0) is 0 Å². The van der Waals surface area contributed by atoms with Crippen LogP contribution in [0.5, 0.6) is 0 Å². The van der Waals surface area contributed by atoms with Crippen molar-refractivity contribution in [3.63, 3.8) is 0 Å². The maximum atomic E-state index is 13.0. The van der Waals surface area contributed by atoms with Gasteiger partial charge >= 0.3 is 0 Å². The summed E-state index contributed by atoms with van der Waals surface area (Å²) in [5.41, 5.74) is 0.649. The maximum Gasteiger partial charge on any atom is 0.281 e. The zero-order valence-corrected chi connectivity index (χ0v) is 17.4. The van der Waals surface area contributed by atoms with Crippen molar-refractivity contribution in [2.24, 2.45) is 0 Å². The molecule has 1 aliphatic rings. The molecular weight excluding hydrogens is 433 g/mol. The highest BCUT2D eigenvalue weighted by atomic mass is 35.5. The Labute approximate surface area is 182 Å². The molecule has 2 aromatic heterocycles. The van der Waals surface area contributed by atoms with E-state index in [9.17, 15) is 13.6 Å². The first-order valence-electron chi connectivity index (χ1n) is 9.69. The number of halogens is 4. The number of alkyl halides is 2. The van der Waals surface area contributed by atoms with Gasteiger partial charge in [0.2, 0.25) is 0 Å².